The van der Waals surface area contributed by atoms with Crippen LogP contribution < -0.4 is 0 Å². The Morgan fingerprint density at radius 3 is 1.58 bits per heavy atom. The lowest BCUT2D eigenvalue weighted by atomic mass is 9.96. The smallest absolute Gasteiger partial charge is 0.164 e. The molecule has 8 aromatic carbocycles. The van der Waals surface area contributed by atoms with Crippen molar-refractivity contribution in [3.8, 4) is 90.1 Å². The van der Waals surface area contributed by atoms with Crippen LogP contribution in [0.1, 0.15) is 5.56 Å². The maximum atomic E-state index is 5.29. The lowest BCUT2D eigenvalue weighted by Gasteiger charge is -2.12. The van der Waals surface area contributed by atoms with Gasteiger partial charge in [0.1, 0.15) is 0 Å². The van der Waals surface area contributed by atoms with Crippen LogP contribution in [0.5, 0.6) is 0 Å². The summed E-state index contributed by atoms with van der Waals surface area (Å²) in [6, 6.07) is 73.8. The summed E-state index contributed by atoms with van der Waals surface area (Å²) in [7, 11) is 0. The van der Waals surface area contributed by atoms with E-state index in [1.807, 2.05) is 67.0 Å². The minimum Gasteiger partial charge on any atom is -0.264 e. The Morgan fingerprint density at radius 2 is 0.836 bits per heavy atom. The van der Waals surface area contributed by atoms with Crippen LogP contribution in [-0.4, -0.2) is 29.9 Å². The minimum absolute atomic E-state index is 0.610. The number of pyridine rings is 3. The lowest BCUT2D eigenvalue weighted by Crippen LogP contribution is -2.00. The summed E-state index contributed by atoms with van der Waals surface area (Å²) in [5.41, 5.74) is 16.4. The zero-order chi connectivity index (χ0) is 44.7. The third-order valence-electron chi connectivity index (χ3n) is 12.5. The molecule has 6 heteroatoms. The third-order valence-corrected chi connectivity index (χ3v) is 12.5. The quantitative estimate of drug-likeness (QED) is 0.142. The van der Waals surface area contributed by atoms with Gasteiger partial charge in [0.25, 0.3) is 0 Å². The Labute approximate surface area is 388 Å². The first-order chi connectivity index (χ1) is 33.1. The van der Waals surface area contributed by atoms with Gasteiger partial charge >= 0.3 is 0 Å². The molecule has 6 nitrogen and oxygen atoms in total. The highest BCUT2D eigenvalue weighted by Crippen LogP contribution is 2.35. The molecular weight excluding hydrogens is 817 g/mol. The maximum absolute atomic E-state index is 5.29. The van der Waals surface area contributed by atoms with Crippen molar-refractivity contribution in [2.45, 2.75) is 6.92 Å². The molecule has 0 fully saturated rings. The zero-order valence-electron chi connectivity index (χ0n) is 36.5. The number of fused-ring (bicyclic) bond motifs is 4. The van der Waals surface area contributed by atoms with Crippen molar-refractivity contribution >= 4 is 32.6 Å². The van der Waals surface area contributed by atoms with Gasteiger partial charge in [-0.3, -0.25) is 4.98 Å². The number of hydrogen-bond acceptors (Lipinski definition) is 6. The van der Waals surface area contributed by atoms with E-state index >= 15 is 0 Å². The molecule has 0 spiro atoms. The second-order valence-corrected chi connectivity index (χ2v) is 16.8. The van der Waals surface area contributed by atoms with E-state index in [4.69, 9.17) is 24.9 Å². The van der Waals surface area contributed by atoms with E-state index in [9.17, 15) is 0 Å². The van der Waals surface area contributed by atoms with E-state index in [0.29, 0.717) is 17.5 Å². The largest absolute Gasteiger partial charge is 0.264 e. The fourth-order valence-corrected chi connectivity index (χ4v) is 9.05. The van der Waals surface area contributed by atoms with Crippen molar-refractivity contribution in [1.82, 2.24) is 29.9 Å². The number of hydrogen-bond donors (Lipinski definition) is 0. The van der Waals surface area contributed by atoms with Gasteiger partial charge in [0, 0.05) is 56.4 Å². The summed E-state index contributed by atoms with van der Waals surface area (Å²) in [6.45, 7) is 2.16. The van der Waals surface area contributed by atoms with Gasteiger partial charge in [-0.25, -0.2) is 24.9 Å². The van der Waals surface area contributed by atoms with Crippen LogP contribution in [0, 0.1) is 6.92 Å². The number of aromatic nitrogens is 6. The van der Waals surface area contributed by atoms with Gasteiger partial charge in [-0.1, -0.05) is 176 Å². The summed E-state index contributed by atoms with van der Waals surface area (Å²) >= 11 is 0. The first kappa shape index (κ1) is 39.6. The topological polar surface area (TPSA) is 77.3 Å². The van der Waals surface area contributed by atoms with Gasteiger partial charge in [-0.15, -0.1) is 0 Å². The van der Waals surface area contributed by atoms with Gasteiger partial charge in [-0.05, 0) is 87.7 Å². The molecule has 0 saturated carbocycles. The van der Waals surface area contributed by atoms with E-state index in [1.54, 1.807) is 0 Å². The summed E-state index contributed by atoms with van der Waals surface area (Å²) in [4.78, 5) is 30.0. The van der Waals surface area contributed by atoms with Crippen molar-refractivity contribution < 1.29 is 0 Å². The number of rotatable bonds is 8. The fourth-order valence-electron chi connectivity index (χ4n) is 9.05. The third kappa shape index (κ3) is 7.66. The second-order valence-electron chi connectivity index (χ2n) is 16.8. The summed E-state index contributed by atoms with van der Waals surface area (Å²) in [5.74, 6) is 1.84. The van der Waals surface area contributed by atoms with E-state index in [-0.39, 0.29) is 0 Å². The Balaban J connectivity index is 0.866. The summed E-state index contributed by atoms with van der Waals surface area (Å²) < 4.78 is 0. The number of nitrogens with zero attached hydrogens (tertiary/aromatic N) is 6. The minimum atomic E-state index is 0.610. The van der Waals surface area contributed by atoms with Gasteiger partial charge in [0.15, 0.2) is 17.5 Å². The SMILES string of the molecule is Cc1cc(-c2cccc(-c3cccc(-c4ccc(-c5nc(-c6ccccc6)nc(-c6cccc(-c7cccc8ccncc78)c6)n5)cc4)c3)c2)nc2c1ccc1ccc(-c3ccccc3)nc12. The zero-order valence-corrected chi connectivity index (χ0v) is 36.5. The Hall–Kier alpha value is -9.00. The molecular formula is C61H40N6. The highest BCUT2D eigenvalue weighted by molar-refractivity contribution is 6.05. The molecule has 0 N–H and O–H groups in total. The maximum Gasteiger partial charge on any atom is 0.164 e. The van der Waals surface area contributed by atoms with Gasteiger partial charge in [-0.2, -0.15) is 0 Å². The Kier molecular flexibility index (Phi) is 9.95. The molecule has 0 saturated heterocycles. The fraction of sp³-hybridized carbons (Fsp3) is 0.0164. The molecule has 314 valence electrons. The van der Waals surface area contributed by atoms with Gasteiger partial charge < -0.3 is 0 Å². The average molecular weight is 857 g/mol. The van der Waals surface area contributed by atoms with Crippen LogP contribution in [0.15, 0.2) is 225 Å². The molecule has 0 aliphatic carbocycles. The highest BCUT2D eigenvalue weighted by Gasteiger charge is 2.16. The lowest BCUT2D eigenvalue weighted by molar-refractivity contribution is 1.07. The second kappa shape index (κ2) is 16.8. The van der Waals surface area contributed by atoms with Crippen LogP contribution >= 0.6 is 0 Å². The van der Waals surface area contributed by atoms with Crippen LogP contribution in [0.3, 0.4) is 0 Å². The monoisotopic (exact) mass is 856 g/mol. The molecule has 0 amide bonds. The Bertz CT molecular complexity index is 3810. The van der Waals surface area contributed by atoms with Crippen molar-refractivity contribution in [2.75, 3.05) is 0 Å². The normalized spacial score (nSPS) is 11.4. The van der Waals surface area contributed by atoms with Crippen LogP contribution in [0.25, 0.3) is 123 Å². The highest BCUT2D eigenvalue weighted by atomic mass is 15.0. The van der Waals surface area contributed by atoms with E-state index in [1.165, 1.54) is 5.56 Å². The molecule has 0 unspecified atom stereocenters. The van der Waals surface area contributed by atoms with Crippen molar-refractivity contribution in [2.24, 2.45) is 0 Å². The molecule has 0 radical (unpaired) electrons. The summed E-state index contributed by atoms with van der Waals surface area (Å²) in [6.07, 6.45) is 3.76. The standard InChI is InChI=1S/C61H40N6/c1-39-34-56(64-58-52(39)30-28-43-29-31-55(63-57(43)58)42-12-4-2-5-13-42)50-21-9-19-48(36-50)47-18-8-17-46(35-47)40-24-26-45(27-25-40)60-65-59(44-14-6-3-7-15-44)66-61(67-60)51-22-10-20-49(37-51)53-23-11-16-41-32-33-62-38-54(41)53/h2-38H,1H3. The number of benzene rings is 8. The van der Waals surface area contributed by atoms with Crippen molar-refractivity contribution in [3.05, 3.63) is 230 Å². The Morgan fingerprint density at radius 1 is 0.299 bits per heavy atom. The van der Waals surface area contributed by atoms with Crippen LogP contribution in [0.4, 0.5) is 0 Å². The molecule has 0 aliphatic heterocycles. The molecule has 67 heavy (non-hydrogen) atoms. The predicted octanol–water partition coefficient (Wildman–Crippen LogP) is 15.2. The predicted molar refractivity (Wildman–Crippen MR) is 274 cm³/mol. The van der Waals surface area contributed by atoms with E-state index < -0.39 is 0 Å². The molecule has 4 aromatic heterocycles. The molecule has 0 bridgehead atoms. The van der Waals surface area contributed by atoms with E-state index in [0.717, 1.165) is 105 Å². The van der Waals surface area contributed by atoms with Gasteiger partial charge in [0.2, 0.25) is 0 Å². The van der Waals surface area contributed by atoms with Gasteiger partial charge in [0.05, 0.1) is 22.4 Å². The molecule has 12 rings (SSSR count). The molecule has 12 aromatic rings. The van der Waals surface area contributed by atoms with Crippen LogP contribution in [0.2, 0.25) is 0 Å². The van der Waals surface area contributed by atoms with Crippen molar-refractivity contribution in [1.29, 1.82) is 0 Å². The molecule has 0 aliphatic rings. The van der Waals surface area contributed by atoms with Crippen molar-refractivity contribution in [3.63, 3.8) is 0 Å². The molecule has 0 atom stereocenters. The average Bonchev–Trinajstić information content (AvgIpc) is 3.41. The first-order valence-electron chi connectivity index (χ1n) is 22.4. The van der Waals surface area contributed by atoms with Crippen LogP contribution in [-0.2, 0) is 0 Å². The molecule has 4 heterocycles. The first-order valence-corrected chi connectivity index (χ1v) is 22.4. The number of aryl methyl sites for hydroxylation is 1. The van der Waals surface area contributed by atoms with E-state index in [2.05, 4.69) is 170 Å². The summed E-state index contributed by atoms with van der Waals surface area (Å²) in [5, 5.41) is 4.42.